The van der Waals surface area contributed by atoms with Crippen LogP contribution in [0, 0.1) is 0 Å². The number of carbonyl (C=O) groups excluding carboxylic acids is 6. The average molecular weight is 1110 g/mol. The van der Waals surface area contributed by atoms with Crippen LogP contribution in [-0.4, -0.2) is 170 Å². The van der Waals surface area contributed by atoms with Crippen molar-refractivity contribution in [1.29, 1.82) is 0 Å². The zero-order valence-corrected chi connectivity index (χ0v) is 45.5. The normalized spacial score (nSPS) is 24.3. The number of hydrogen-bond donors (Lipinski definition) is 8. The summed E-state index contributed by atoms with van der Waals surface area (Å²) < 4.78 is 41.3. The molecule has 2 aliphatic rings. The van der Waals surface area contributed by atoms with Gasteiger partial charge in [0.05, 0.1) is 0 Å². The highest BCUT2D eigenvalue weighted by Crippen LogP contribution is 2.23. The molecule has 444 valence electrons. The van der Waals surface area contributed by atoms with E-state index in [2.05, 4.69) is 13.8 Å². The van der Waals surface area contributed by atoms with Gasteiger partial charge in [0.2, 0.25) is 6.79 Å². The molecular weight excluding hydrogens is 1010 g/mol. The number of carbonyl (C=O) groups is 6. The van der Waals surface area contributed by atoms with Crippen molar-refractivity contribution in [2.45, 2.75) is 267 Å². The summed E-state index contributed by atoms with van der Waals surface area (Å²) >= 11 is 0. The maximum absolute atomic E-state index is 12.6. The second-order valence-electron chi connectivity index (χ2n) is 19.9. The zero-order chi connectivity index (χ0) is 56.8. The first-order valence-corrected chi connectivity index (χ1v) is 28.0. The molecule has 2 aliphatic heterocycles. The Labute approximate surface area is 453 Å². The highest BCUT2D eigenvalue weighted by atomic mass is 16.7. The minimum atomic E-state index is -1.78. The number of rotatable bonds is 42. The van der Waals surface area contributed by atoms with Gasteiger partial charge in [-0.1, -0.05) is 115 Å². The van der Waals surface area contributed by atoms with Crippen molar-refractivity contribution >= 4 is 35.8 Å². The molecule has 77 heavy (non-hydrogen) atoms. The third-order valence-electron chi connectivity index (χ3n) is 13.2. The minimum Gasteiger partial charge on any atom is -0.462 e. The molecule has 0 amide bonds. The Bertz CT molecular complexity index is 1590. The molecule has 2 fully saturated rings. The van der Waals surface area contributed by atoms with Gasteiger partial charge in [-0.05, 0) is 64.2 Å². The van der Waals surface area contributed by atoms with Crippen LogP contribution >= 0.6 is 0 Å². The number of ether oxygens (including phenoxy) is 8. The molecule has 0 aromatic carbocycles. The summed E-state index contributed by atoms with van der Waals surface area (Å²) in [6.07, 6.45) is 10.5. The molecule has 2 rings (SSSR count). The van der Waals surface area contributed by atoms with Gasteiger partial charge in [0, 0.05) is 25.7 Å². The van der Waals surface area contributed by atoms with Crippen LogP contribution in [0.25, 0.3) is 0 Å². The Morgan fingerprint density at radius 3 is 1.16 bits per heavy atom. The third-order valence-corrected chi connectivity index (χ3v) is 13.2. The van der Waals surface area contributed by atoms with Crippen LogP contribution in [0.4, 0.5) is 0 Å². The summed E-state index contributed by atoms with van der Waals surface area (Å²) in [6.45, 7) is 2.69. The van der Waals surface area contributed by atoms with Gasteiger partial charge in [0.25, 0.3) is 0 Å². The molecule has 8 N–H and O–H groups in total. The minimum absolute atomic E-state index is 0.228. The van der Waals surface area contributed by atoms with E-state index in [9.17, 15) is 69.6 Å². The summed E-state index contributed by atoms with van der Waals surface area (Å²) in [5.74, 6) is -4.22. The molecule has 12 atom stereocenters. The van der Waals surface area contributed by atoms with Gasteiger partial charge < -0.3 is 78.7 Å². The number of hydrogen-bond acceptors (Lipinski definition) is 22. The molecule has 2 saturated heterocycles. The lowest BCUT2D eigenvalue weighted by molar-refractivity contribution is -0.287. The second kappa shape index (κ2) is 41.9. The maximum Gasteiger partial charge on any atom is 0.317 e. The summed E-state index contributed by atoms with van der Waals surface area (Å²) in [5.41, 5.74) is 0. The number of allylic oxidation sites excluding steroid dienone is 2. The number of unbranched alkanes of at least 4 members (excludes halogenated alkanes) is 16. The molecule has 2 heterocycles. The van der Waals surface area contributed by atoms with E-state index in [1.807, 2.05) is 24.3 Å². The van der Waals surface area contributed by atoms with E-state index in [4.69, 9.17) is 37.9 Å². The summed E-state index contributed by atoms with van der Waals surface area (Å²) in [5, 5.41) is 78.2. The van der Waals surface area contributed by atoms with E-state index in [0.717, 1.165) is 116 Å². The standard InChI is InChI=1S/C55H92O22/c1-3-5-7-21-27-38(74-46(60)33-44(58)70-35-40-48(62)50(64)52(66)54(68)76-40)29-23-17-13-9-11-15-19-25-31-42(56)72-37-73-43(57)32-26-20-16-12-10-14-18-24-30-39(28-22-8-6-4-2)75-47(61)34-45(59)71-36-41-49(63)51(65)53(67)55(69)77-41/h17-18,23-24,38-41,48-55,62-69H,3-16,19-22,25-37H2,1-2H3/b23-17-,24-18-/t38-,39+,40?,41?,48?,49?,50?,51?,52?,53?,54?,55?. The Hall–Kier alpha value is -4.10. The fourth-order valence-electron chi connectivity index (χ4n) is 8.49. The average Bonchev–Trinajstić information content (AvgIpc) is 3.39. The molecule has 0 aromatic rings. The molecular formula is C55H92O22. The van der Waals surface area contributed by atoms with Crippen LogP contribution in [0.2, 0.25) is 0 Å². The maximum atomic E-state index is 12.6. The summed E-state index contributed by atoms with van der Waals surface area (Å²) in [7, 11) is 0. The van der Waals surface area contributed by atoms with E-state index in [-0.39, 0.29) is 12.8 Å². The topological polar surface area (TPSA) is 338 Å². The molecule has 0 saturated carbocycles. The Morgan fingerprint density at radius 2 is 0.766 bits per heavy atom. The van der Waals surface area contributed by atoms with Crippen LogP contribution in [0.15, 0.2) is 24.3 Å². The number of esters is 6. The van der Waals surface area contributed by atoms with Crippen molar-refractivity contribution in [2.75, 3.05) is 20.0 Å². The highest BCUT2D eigenvalue weighted by molar-refractivity contribution is 5.91. The van der Waals surface area contributed by atoms with Gasteiger partial charge in [0.15, 0.2) is 12.6 Å². The van der Waals surface area contributed by atoms with Crippen LogP contribution in [0.3, 0.4) is 0 Å². The van der Waals surface area contributed by atoms with Crippen molar-refractivity contribution < 1.29 is 108 Å². The molecule has 22 nitrogen and oxygen atoms in total. The van der Waals surface area contributed by atoms with E-state index in [0.29, 0.717) is 38.5 Å². The van der Waals surface area contributed by atoms with Gasteiger partial charge in [-0.15, -0.1) is 0 Å². The SMILES string of the molecule is CCCCCC[C@@H](C/C=C\CCCCCCCC(=O)OCOC(=O)CCCCCCC/C=C\C[C@@H](CCCCCC)OC(=O)CC(=O)OCC1OC(O)C(O)C(O)C1O)OC(=O)CC(=O)OCC1OC(O)C(O)C(O)C1O. The lowest BCUT2D eigenvalue weighted by atomic mass is 9.99. The molecule has 0 bridgehead atoms. The molecule has 22 heteroatoms. The predicted octanol–water partition coefficient (Wildman–Crippen LogP) is 4.62. The van der Waals surface area contributed by atoms with Gasteiger partial charge in [-0.2, -0.15) is 0 Å². The Kier molecular flexibility index (Phi) is 37.5. The van der Waals surface area contributed by atoms with Crippen molar-refractivity contribution in [1.82, 2.24) is 0 Å². The number of aliphatic hydroxyl groups is 8. The van der Waals surface area contributed by atoms with Crippen LogP contribution in [-0.2, 0) is 66.7 Å². The quantitative estimate of drug-likeness (QED) is 0.0103. The Balaban J connectivity index is 1.50. The van der Waals surface area contributed by atoms with Gasteiger partial charge >= 0.3 is 35.8 Å². The van der Waals surface area contributed by atoms with Crippen molar-refractivity contribution in [3.63, 3.8) is 0 Å². The molecule has 0 aliphatic carbocycles. The third kappa shape index (κ3) is 31.3. The van der Waals surface area contributed by atoms with E-state index < -0.39 is 142 Å². The van der Waals surface area contributed by atoms with Crippen LogP contribution in [0.5, 0.6) is 0 Å². The van der Waals surface area contributed by atoms with Gasteiger partial charge in [-0.3, -0.25) is 28.8 Å². The van der Waals surface area contributed by atoms with Crippen molar-refractivity contribution in [3.8, 4) is 0 Å². The first kappa shape index (κ1) is 69.0. The largest absolute Gasteiger partial charge is 0.462 e. The highest BCUT2D eigenvalue weighted by Gasteiger charge is 2.44. The molecule has 10 unspecified atom stereocenters. The summed E-state index contributed by atoms with van der Waals surface area (Å²) in [4.78, 5) is 74.0. The Morgan fingerprint density at radius 1 is 0.403 bits per heavy atom. The van der Waals surface area contributed by atoms with E-state index in [1.54, 1.807) is 0 Å². The fourth-order valence-corrected chi connectivity index (χ4v) is 8.49. The molecule has 0 radical (unpaired) electrons. The first-order chi connectivity index (χ1) is 37.0. The smallest absolute Gasteiger partial charge is 0.317 e. The number of aliphatic hydroxyl groups excluding tert-OH is 8. The van der Waals surface area contributed by atoms with Gasteiger partial charge in [-0.25, -0.2) is 0 Å². The van der Waals surface area contributed by atoms with Crippen molar-refractivity contribution in [2.24, 2.45) is 0 Å². The van der Waals surface area contributed by atoms with Crippen molar-refractivity contribution in [3.05, 3.63) is 24.3 Å². The van der Waals surface area contributed by atoms with Crippen LogP contribution in [0.1, 0.15) is 194 Å². The van der Waals surface area contributed by atoms with Gasteiger partial charge in [0.1, 0.15) is 87.1 Å². The molecule has 0 aromatic heterocycles. The monoisotopic (exact) mass is 1100 g/mol. The summed E-state index contributed by atoms with van der Waals surface area (Å²) in [6, 6.07) is 0. The lowest BCUT2D eigenvalue weighted by Gasteiger charge is -2.37. The van der Waals surface area contributed by atoms with E-state index in [1.165, 1.54) is 0 Å². The second-order valence-corrected chi connectivity index (χ2v) is 19.9. The van der Waals surface area contributed by atoms with E-state index >= 15 is 0 Å². The molecule has 0 spiro atoms. The predicted molar refractivity (Wildman–Crippen MR) is 275 cm³/mol. The fraction of sp³-hybridized carbons (Fsp3) is 0.818. The lowest BCUT2D eigenvalue weighted by Crippen LogP contribution is -2.58. The van der Waals surface area contributed by atoms with Crippen LogP contribution < -0.4 is 0 Å². The zero-order valence-electron chi connectivity index (χ0n) is 45.5. The first-order valence-electron chi connectivity index (χ1n) is 28.0.